The van der Waals surface area contributed by atoms with E-state index < -0.39 is 17.6 Å². The van der Waals surface area contributed by atoms with Crippen molar-refractivity contribution < 1.29 is 9.90 Å². The van der Waals surface area contributed by atoms with Gasteiger partial charge in [-0.05, 0) is 31.5 Å². The van der Waals surface area contributed by atoms with Crippen LogP contribution in [0.15, 0.2) is 41.7 Å². The van der Waals surface area contributed by atoms with E-state index in [0.717, 1.165) is 16.2 Å². The van der Waals surface area contributed by atoms with Crippen LogP contribution in [-0.4, -0.2) is 44.8 Å². The molecule has 3 N–H and O–H groups in total. The van der Waals surface area contributed by atoms with Crippen LogP contribution < -0.4 is 5.73 Å². The molecule has 1 aromatic heterocycles. The lowest BCUT2D eigenvalue weighted by Crippen LogP contribution is -2.56. The number of aryl methyl sites for hydroxylation is 1. The summed E-state index contributed by atoms with van der Waals surface area (Å²) in [5, 5.41) is 14.7. The van der Waals surface area contributed by atoms with Gasteiger partial charge in [0.05, 0.1) is 11.9 Å². The maximum absolute atomic E-state index is 12.1. The molecule has 2 heterocycles. The Hall–Kier alpha value is -2.67. The Bertz CT molecular complexity index is 797. The number of aliphatic hydroxyl groups is 1. The zero-order valence-electron chi connectivity index (χ0n) is 13.3. The molecule has 0 spiro atoms. The first-order valence-corrected chi connectivity index (χ1v) is 7.26. The lowest BCUT2D eigenvalue weighted by atomic mass is 9.87. The summed E-state index contributed by atoms with van der Waals surface area (Å²) in [6, 6.07) is 7.87. The van der Waals surface area contributed by atoms with Gasteiger partial charge in [-0.25, -0.2) is 9.67 Å². The van der Waals surface area contributed by atoms with Crippen molar-refractivity contribution in [3.8, 4) is 5.69 Å². The molecule has 3 rings (SSSR count). The second-order valence-electron chi connectivity index (χ2n) is 5.93. The van der Waals surface area contributed by atoms with Crippen LogP contribution in [0.1, 0.15) is 18.1 Å². The van der Waals surface area contributed by atoms with Crippen molar-refractivity contribution in [1.82, 2.24) is 14.7 Å². The first-order chi connectivity index (χ1) is 10.8. The molecule has 1 aliphatic rings. The van der Waals surface area contributed by atoms with Gasteiger partial charge in [0.2, 0.25) is 0 Å². The molecule has 1 aromatic carbocycles. The maximum Gasteiger partial charge on any atom is 0.260 e. The van der Waals surface area contributed by atoms with Crippen LogP contribution in [0, 0.1) is 6.92 Å². The Balaban J connectivity index is 2.04. The molecular formula is C16H19N5O2. The smallest absolute Gasteiger partial charge is 0.260 e. The topological polar surface area (TPSA) is 96.7 Å². The van der Waals surface area contributed by atoms with E-state index >= 15 is 0 Å². The van der Waals surface area contributed by atoms with E-state index in [9.17, 15) is 9.90 Å². The van der Waals surface area contributed by atoms with Crippen LogP contribution in [0.25, 0.3) is 5.69 Å². The standard InChI is InChI=1S/C16H19N5O2/c1-10-5-4-6-12(7-10)21-9-11(8-18-21)16(2)13(22)14(23)20(3)15(17)19-16/h4-9,13,22H,1-3H3,(H2,17,19)/t13-,16+/m0/s1. The molecule has 0 unspecified atom stereocenters. The van der Waals surface area contributed by atoms with Gasteiger partial charge in [-0.3, -0.25) is 9.69 Å². The molecule has 0 fully saturated rings. The number of likely N-dealkylation sites (N-methyl/N-ethyl adjacent to an activating group) is 1. The number of aromatic nitrogens is 2. The zero-order chi connectivity index (χ0) is 16.8. The lowest BCUT2D eigenvalue weighted by molar-refractivity contribution is -0.140. The first-order valence-electron chi connectivity index (χ1n) is 7.26. The van der Waals surface area contributed by atoms with Crippen LogP contribution >= 0.6 is 0 Å². The second kappa shape index (κ2) is 5.20. The highest BCUT2D eigenvalue weighted by molar-refractivity contribution is 6.01. The summed E-state index contributed by atoms with van der Waals surface area (Å²) in [5.41, 5.74) is 7.27. The highest BCUT2D eigenvalue weighted by Crippen LogP contribution is 2.33. The second-order valence-corrected chi connectivity index (χ2v) is 5.93. The number of aliphatic imine (C=N–C) groups is 1. The molecule has 7 heteroatoms. The van der Waals surface area contributed by atoms with E-state index in [0.29, 0.717) is 5.56 Å². The lowest BCUT2D eigenvalue weighted by Gasteiger charge is -2.36. The van der Waals surface area contributed by atoms with Gasteiger partial charge in [0.15, 0.2) is 12.1 Å². The van der Waals surface area contributed by atoms with E-state index in [2.05, 4.69) is 10.1 Å². The number of rotatable bonds is 2. The summed E-state index contributed by atoms with van der Waals surface area (Å²) in [6.45, 7) is 3.67. The Morgan fingerprint density at radius 2 is 2.13 bits per heavy atom. The number of hydrogen-bond donors (Lipinski definition) is 2. The predicted octanol–water partition coefficient (Wildman–Crippen LogP) is 0.544. The number of amides is 1. The molecule has 0 saturated heterocycles. The maximum atomic E-state index is 12.1. The summed E-state index contributed by atoms with van der Waals surface area (Å²) in [7, 11) is 1.49. The van der Waals surface area contributed by atoms with Crippen LogP contribution in [0.4, 0.5) is 0 Å². The van der Waals surface area contributed by atoms with Gasteiger partial charge in [-0.15, -0.1) is 0 Å². The summed E-state index contributed by atoms with van der Waals surface area (Å²) in [5.74, 6) is -0.408. The number of nitrogens with two attached hydrogens (primary N) is 1. The van der Waals surface area contributed by atoms with Crippen LogP contribution in [0.3, 0.4) is 0 Å². The number of carbonyl (C=O) groups excluding carboxylic acids is 1. The average molecular weight is 313 g/mol. The van der Waals surface area contributed by atoms with Gasteiger partial charge >= 0.3 is 0 Å². The fourth-order valence-electron chi connectivity index (χ4n) is 2.63. The van der Waals surface area contributed by atoms with E-state index in [-0.39, 0.29) is 5.96 Å². The van der Waals surface area contributed by atoms with Gasteiger partial charge < -0.3 is 10.8 Å². The third kappa shape index (κ3) is 2.39. The Labute approximate surface area is 134 Å². The fourth-order valence-corrected chi connectivity index (χ4v) is 2.63. The number of carbonyl (C=O) groups is 1. The third-order valence-electron chi connectivity index (χ3n) is 4.22. The van der Waals surface area contributed by atoms with Gasteiger partial charge in [0.25, 0.3) is 5.91 Å². The summed E-state index contributed by atoms with van der Waals surface area (Å²) < 4.78 is 1.69. The molecule has 2 aromatic rings. The Morgan fingerprint density at radius 3 is 2.83 bits per heavy atom. The minimum absolute atomic E-state index is 0.0751. The molecule has 0 radical (unpaired) electrons. The molecule has 0 saturated carbocycles. The monoisotopic (exact) mass is 313 g/mol. The molecule has 120 valence electrons. The SMILES string of the molecule is Cc1cccc(-n2cc([C@@]3(C)N=C(N)N(C)C(=O)[C@@H]3O)cn2)c1. The normalized spacial score (nSPS) is 24.7. The predicted molar refractivity (Wildman–Crippen MR) is 86.1 cm³/mol. The average Bonchev–Trinajstić information content (AvgIpc) is 3.02. The molecular weight excluding hydrogens is 294 g/mol. The third-order valence-corrected chi connectivity index (χ3v) is 4.22. The summed E-state index contributed by atoms with van der Waals surface area (Å²) in [6.07, 6.45) is 2.05. The molecule has 23 heavy (non-hydrogen) atoms. The van der Waals surface area contributed by atoms with Crippen LogP contribution in [0.5, 0.6) is 0 Å². The van der Waals surface area contributed by atoms with Gasteiger partial charge in [-0.2, -0.15) is 5.10 Å². The summed E-state index contributed by atoms with van der Waals surface area (Å²) in [4.78, 5) is 17.6. The molecule has 0 aliphatic carbocycles. The van der Waals surface area contributed by atoms with Crippen molar-refractivity contribution in [3.05, 3.63) is 47.8 Å². The number of aliphatic hydroxyl groups excluding tert-OH is 1. The van der Waals surface area contributed by atoms with Gasteiger partial charge in [-0.1, -0.05) is 12.1 Å². The first kappa shape index (κ1) is 15.2. The minimum Gasteiger partial charge on any atom is -0.380 e. The highest BCUT2D eigenvalue weighted by Gasteiger charge is 2.46. The molecule has 1 amide bonds. The number of benzene rings is 1. The fraction of sp³-hybridized carbons (Fsp3) is 0.312. The number of guanidine groups is 1. The molecule has 2 atom stereocenters. The van der Waals surface area contributed by atoms with E-state index in [1.165, 1.54) is 7.05 Å². The number of nitrogens with zero attached hydrogens (tertiary/aromatic N) is 4. The van der Waals surface area contributed by atoms with E-state index in [1.807, 2.05) is 31.2 Å². The molecule has 0 bridgehead atoms. The van der Waals surface area contributed by atoms with Gasteiger partial charge in [0.1, 0.15) is 5.54 Å². The van der Waals surface area contributed by atoms with Crippen LogP contribution in [-0.2, 0) is 10.3 Å². The quantitative estimate of drug-likeness (QED) is 0.846. The van der Waals surface area contributed by atoms with Crippen molar-refractivity contribution in [2.24, 2.45) is 10.7 Å². The van der Waals surface area contributed by atoms with Crippen molar-refractivity contribution in [2.45, 2.75) is 25.5 Å². The van der Waals surface area contributed by atoms with Gasteiger partial charge in [0, 0.05) is 18.8 Å². The summed E-state index contributed by atoms with van der Waals surface area (Å²) >= 11 is 0. The Kier molecular flexibility index (Phi) is 3.45. The number of hydrogen-bond acceptors (Lipinski definition) is 5. The minimum atomic E-state index is -1.31. The van der Waals surface area contributed by atoms with E-state index in [4.69, 9.17) is 5.73 Å². The van der Waals surface area contributed by atoms with E-state index in [1.54, 1.807) is 24.0 Å². The Morgan fingerprint density at radius 1 is 1.39 bits per heavy atom. The highest BCUT2D eigenvalue weighted by atomic mass is 16.3. The largest absolute Gasteiger partial charge is 0.380 e. The molecule has 7 nitrogen and oxygen atoms in total. The zero-order valence-corrected chi connectivity index (χ0v) is 13.3. The van der Waals surface area contributed by atoms with Crippen molar-refractivity contribution >= 4 is 11.9 Å². The van der Waals surface area contributed by atoms with Crippen molar-refractivity contribution in [3.63, 3.8) is 0 Å². The van der Waals surface area contributed by atoms with Crippen molar-refractivity contribution in [2.75, 3.05) is 7.05 Å². The van der Waals surface area contributed by atoms with Crippen molar-refractivity contribution in [1.29, 1.82) is 0 Å². The van der Waals surface area contributed by atoms with Crippen LogP contribution in [0.2, 0.25) is 0 Å². The molecule has 1 aliphatic heterocycles.